The zero-order valence-electron chi connectivity index (χ0n) is 14.8. The number of pyridine rings is 1. The standard InChI is InChI=1S/C20H18FN3O3/c1-26-18-17(10-11-22-20(18)27-2)24-16-9-8-14(12-15(16)21)23-19(25)13-6-4-3-5-7-13/h3-12H,1-2H3,(H,22,24)(H,23,25). The van der Waals surface area contributed by atoms with Gasteiger partial charge in [0.1, 0.15) is 5.82 Å². The molecule has 3 rings (SSSR count). The van der Waals surface area contributed by atoms with Crippen LogP contribution in [0.5, 0.6) is 11.6 Å². The summed E-state index contributed by atoms with van der Waals surface area (Å²) in [5.74, 6) is -0.189. The minimum absolute atomic E-state index is 0.222. The van der Waals surface area contributed by atoms with Gasteiger partial charge in [-0.25, -0.2) is 9.37 Å². The first-order valence-electron chi connectivity index (χ1n) is 8.12. The molecule has 1 amide bonds. The number of amides is 1. The molecule has 0 spiro atoms. The summed E-state index contributed by atoms with van der Waals surface area (Å²) in [6, 6.07) is 14.7. The summed E-state index contributed by atoms with van der Waals surface area (Å²) >= 11 is 0. The lowest BCUT2D eigenvalue weighted by atomic mass is 10.2. The predicted molar refractivity (Wildman–Crippen MR) is 101 cm³/mol. The summed E-state index contributed by atoms with van der Waals surface area (Å²) in [5, 5.41) is 5.62. The van der Waals surface area contributed by atoms with Gasteiger partial charge in [-0.15, -0.1) is 0 Å². The van der Waals surface area contributed by atoms with E-state index in [1.807, 2.05) is 6.07 Å². The van der Waals surface area contributed by atoms with Crippen molar-refractivity contribution >= 4 is 23.0 Å². The van der Waals surface area contributed by atoms with E-state index in [4.69, 9.17) is 9.47 Å². The van der Waals surface area contributed by atoms with Gasteiger partial charge in [0.15, 0.2) is 0 Å². The van der Waals surface area contributed by atoms with E-state index in [0.29, 0.717) is 22.7 Å². The number of methoxy groups -OCH3 is 2. The lowest BCUT2D eigenvalue weighted by Crippen LogP contribution is -2.12. The number of carbonyl (C=O) groups excluding carboxylic acids is 1. The van der Waals surface area contributed by atoms with Crippen LogP contribution in [0.25, 0.3) is 0 Å². The van der Waals surface area contributed by atoms with Crippen LogP contribution in [0.3, 0.4) is 0 Å². The highest BCUT2D eigenvalue weighted by atomic mass is 19.1. The Kier molecular flexibility index (Phi) is 5.51. The second kappa shape index (κ2) is 8.18. The van der Waals surface area contributed by atoms with Gasteiger partial charge in [-0.05, 0) is 36.4 Å². The number of ether oxygens (including phenoxy) is 2. The van der Waals surface area contributed by atoms with Gasteiger partial charge in [0.05, 0.1) is 25.6 Å². The summed E-state index contributed by atoms with van der Waals surface area (Å²) < 4.78 is 24.9. The van der Waals surface area contributed by atoms with Crippen molar-refractivity contribution in [1.82, 2.24) is 4.98 Å². The van der Waals surface area contributed by atoms with Gasteiger partial charge < -0.3 is 20.1 Å². The Bertz CT molecular complexity index is 948. The van der Waals surface area contributed by atoms with Crippen LogP contribution in [-0.2, 0) is 0 Å². The lowest BCUT2D eigenvalue weighted by molar-refractivity contribution is 0.102. The topological polar surface area (TPSA) is 72.5 Å². The molecular formula is C20H18FN3O3. The summed E-state index contributed by atoms with van der Waals surface area (Å²) in [6.07, 6.45) is 1.52. The number of hydrogen-bond acceptors (Lipinski definition) is 5. The SMILES string of the molecule is COc1nccc(Nc2ccc(NC(=O)c3ccccc3)cc2F)c1OC. The van der Waals surface area contributed by atoms with E-state index in [2.05, 4.69) is 15.6 Å². The first kappa shape index (κ1) is 18.2. The molecule has 0 bridgehead atoms. The smallest absolute Gasteiger partial charge is 0.258 e. The average Bonchev–Trinajstić information content (AvgIpc) is 2.70. The second-order valence-electron chi connectivity index (χ2n) is 5.54. The Morgan fingerprint density at radius 3 is 2.44 bits per heavy atom. The zero-order chi connectivity index (χ0) is 19.2. The normalized spacial score (nSPS) is 10.2. The predicted octanol–water partition coefficient (Wildman–Crippen LogP) is 4.23. The minimum atomic E-state index is -0.529. The molecule has 0 atom stereocenters. The first-order chi connectivity index (χ1) is 13.1. The van der Waals surface area contributed by atoms with Crippen molar-refractivity contribution < 1.29 is 18.7 Å². The van der Waals surface area contributed by atoms with E-state index in [9.17, 15) is 9.18 Å². The van der Waals surface area contributed by atoms with E-state index in [1.165, 1.54) is 32.5 Å². The average molecular weight is 367 g/mol. The molecule has 138 valence electrons. The van der Waals surface area contributed by atoms with Crippen LogP contribution < -0.4 is 20.1 Å². The fourth-order valence-electron chi connectivity index (χ4n) is 2.50. The fourth-order valence-corrected chi connectivity index (χ4v) is 2.50. The monoisotopic (exact) mass is 367 g/mol. The minimum Gasteiger partial charge on any atom is -0.490 e. The number of rotatable bonds is 6. The van der Waals surface area contributed by atoms with E-state index >= 15 is 0 Å². The molecule has 2 N–H and O–H groups in total. The summed E-state index contributed by atoms with van der Waals surface area (Å²) in [6.45, 7) is 0. The molecular weight excluding hydrogens is 349 g/mol. The molecule has 0 aliphatic rings. The maximum absolute atomic E-state index is 14.5. The highest BCUT2D eigenvalue weighted by Crippen LogP contribution is 2.35. The van der Waals surface area contributed by atoms with E-state index in [1.54, 1.807) is 36.4 Å². The van der Waals surface area contributed by atoms with Crippen LogP contribution in [0.2, 0.25) is 0 Å². The quantitative estimate of drug-likeness (QED) is 0.682. The van der Waals surface area contributed by atoms with Gasteiger partial charge in [0.25, 0.3) is 11.8 Å². The second-order valence-corrected chi connectivity index (χ2v) is 5.54. The largest absolute Gasteiger partial charge is 0.490 e. The van der Waals surface area contributed by atoms with Crippen LogP contribution in [0.1, 0.15) is 10.4 Å². The molecule has 1 aromatic heterocycles. The van der Waals surface area contributed by atoms with Crippen molar-refractivity contribution in [3.63, 3.8) is 0 Å². The first-order valence-corrected chi connectivity index (χ1v) is 8.12. The van der Waals surface area contributed by atoms with E-state index in [0.717, 1.165) is 0 Å². The third-order valence-electron chi connectivity index (χ3n) is 3.80. The third-order valence-corrected chi connectivity index (χ3v) is 3.80. The summed E-state index contributed by atoms with van der Waals surface area (Å²) in [4.78, 5) is 16.2. The highest BCUT2D eigenvalue weighted by Gasteiger charge is 2.13. The van der Waals surface area contributed by atoms with Gasteiger partial charge in [0, 0.05) is 17.4 Å². The summed E-state index contributed by atoms with van der Waals surface area (Å²) in [5.41, 5.74) is 1.57. The number of aromatic nitrogens is 1. The van der Waals surface area contributed by atoms with Crippen molar-refractivity contribution in [2.75, 3.05) is 24.9 Å². The van der Waals surface area contributed by atoms with Crippen LogP contribution in [0, 0.1) is 5.82 Å². The van der Waals surface area contributed by atoms with Gasteiger partial charge >= 0.3 is 0 Å². The fraction of sp³-hybridized carbons (Fsp3) is 0.100. The maximum atomic E-state index is 14.5. The number of anilines is 3. The van der Waals surface area contributed by atoms with Crippen LogP contribution in [0.4, 0.5) is 21.5 Å². The highest BCUT2D eigenvalue weighted by molar-refractivity contribution is 6.04. The molecule has 0 radical (unpaired) electrons. The molecule has 6 nitrogen and oxygen atoms in total. The van der Waals surface area contributed by atoms with Gasteiger partial charge in [0.2, 0.25) is 5.75 Å². The van der Waals surface area contributed by atoms with Crippen molar-refractivity contribution in [3.05, 3.63) is 72.2 Å². The Morgan fingerprint density at radius 2 is 1.78 bits per heavy atom. The van der Waals surface area contributed by atoms with Crippen LogP contribution in [-0.4, -0.2) is 25.1 Å². The molecule has 0 unspecified atom stereocenters. The number of nitrogens with zero attached hydrogens (tertiary/aromatic N) is 1. The number of carbonyl (C=O) groups is 1. The Morgan fingerprint density at radius 1 is 1.00 bits per heavy atom. The van der Waals surface area contributed by atoms with Crippen molar-refractivity contribution in [3.8, 4) is 11.6 Å². The third kappa shape index (κ3) is 4.14. The Balaban J connectivity index is 1.79. The summed E-state index contributed by atoms with van der Waals surface area (Å²) in [7, 11) is 2.95. The van der Waals surface area contributed by atoms with Crippen LogP contribution in [0.15, 0.2) is 60.8 Å². The number of halogens is 1. The molecule has 7 heteroatoms. The molecule has 27 heavy (non-hydrogen) atoms. The van der Waals surface area contributed by atoms with Crippen molar-refractivity contribution in [2.24, 2.45) is 0 Å². The Hall–Kier alpha value is -3.61. The maximum Gasteiger partial charge on any atom is 0.258 e. The molecule has 1 heterocycles. The number of hydrogen-bond donors (Lipinski definition) is 2. The molecule has 0 aliphatic carbocycles. The molecule has 0 aliphatic heterocycles. The lowest BCUT2D eigenvalue weighted by Gasteiger charge is -2.14. The Labute approximate surface area is 156 Å². The van der Waals surface area contributed by atoms with Crippen molar-refractivity contribution in [1.29, 1.82) is 0 Å². The van der Waals surface area contributed by atoms with Gasteiger partial charge in [-0.2, -0.15) is 0 Å². The number of nitrogens with one attached hydrogen (secondary N) is 2. The van der Waals surface area contributed by atoms with E-state index < -0.39 is 5.82 Å². The molecule has 0 fully saturated rings. The van der Waals surface area contributed by atoms with E-state index in [-0.39, 0.29) is 17.5 Å². The zero-order valence-corrected chi connectivity index (χ0v) is 14.8. The number of benzene rings is 2. The van der Waals surface area contributed by atoms with Crippen molar-refractivity contribution in [2.45, 2.75) is 0 Å². The molecule has 2 aromatic carbocycles. The molecule has 0 saturated carbocycles. The van der Waals surface area contributed by atoms with Gasteiger partial charge in [-0.3, -0.25) is 4.79 Å². The van der Waals surface area contributed by atoms with Gasteiger partial charge in [-0.1, -0.05) is 18.2 Å². The molecule has 0 saturated heterocycles. The molecule has 3 aromatic rings. The van der Waals surface area contributed by atoms with Crippen LogP contribution >= 0.6 is 0 Å².